The normalized spacial score (nSPS) is 19.9. The quantitative estimate of drug-likeness (QED) is 0.793. The number of carbonyl (C=O) groups excluding carboxylic acids is 2. The Kier molecular flexibility index (Phi) is 4.53. The fraction of sp³-hybridized carbons (Fsp3) is 0.846. The zero-order chi connectivity index (χ0) is 15.8. The van der Waals surface area contributed by atoms with Crippen LogP contribution in [0.25, 0.3) is 0 Å². The molecule has 1 aliphatic heterocycles. The third-order valence-electron chi connectivity index (χ3n) is 4.19. The second kappa shape index (κ2) is 5.35. The van der Waals surface area contributed by atoms with Gasteiger partial charge in [0.05, 0.1) is 11.3 Å². The van der Waals surface area contributed by atoms with E-state index in [0.29, 0.717) is 12.8 Å². The molecule has 1 aliphatic rings. The van der Waals surface area contributed by atoms with E-state index in [1.807, 2.05) is 13.8 Å². The number of sulfone groups is 1. The largest absolute Gasteiger partial charge is 0.340 e. The summed E-state index contributed by atoms with van der Waals surface area (Å²) in [4.78, 5) is 25.8. The number of amides is 2. The monoisotopic (exact) mass is 304 g/mol. The van der Waals surface area contributed by atoms with Gasteiger partial charge in [0.2, 0.25) is 11.8 Å². The molecule has 1 fully saturated rings. The van der Waals surface area contributed by atoms with Gasteiger partial charge in [0.1, 0.15) is 5.54 Å². The van der Waals surface area contributed by atoms with E-state index in [1.54, 1.807) is 13.8 Å². The van der Waals surface area contributed by atoms with Crippen LogP contribution in [0.3, 0.4) is 0 Å². The Morgan fingerprint density at radius 3 is 2.15 bits per heavy atom. The number of nitrogens with one attached hydrogen (secondary N) is 1. The van der Waals surface area contributed by atoms with Crippen molar-refractivity contribution in [3.8, 4) is 0 Å². The number of carbonyl (C=O) groups is 2. The smallest absolute Gasteiger partial charge is 0.248 e. The number of piperazine rings is 1. The first-order valence-corrected chi connectivity index (χ1v) is 8.68. The maximum Gasteiger partial charge on any atom is 0.248 e. The fourth-order valence-electron chi connectivity index (χ4n) is 2.34. The molecule has 0 aromatic rings. The Labute approximate surface area is 120 Å². The first-order chi connectivity index (χ1) is 8.99. The van der Waals surface area contributed by atoms with E-state index in [1.165, 1.54) is 4.90 Å². The molecule has 1 saturated heterocycles. The summed E-state index contributed by atoms with van der Waals surface area (Å²) in [5, 5.41) is 2.75. The minimum Gasteiger partial charge on any atom is -0.340 e. The van der Waals surface area contributed by atoms with Crippen LogP contribution in [0, 0.1) is 0 Å². The molecule has 116 valence electrons. The van der Waals surface area contributed by atoms with Crippen LogP contribution >= 0.6 is 0 Å². The van der Waals surface area contributed by atoms with Crippen molar-refractivity contribution in [1.82, 2.24) is 10.2 Å². The van der Waals surface area contributed by atoms with Crippen molar-refractivity contribution in [3.63, 3.8) is 0 Å². The highest BCUT2D eigenvalue weighted by atomic mass is 32.2. The summed E-state index contributed by atoms with van der Waals surface area (Å²) in [5.74, 6) is -0.434. The molecule has 0 spiro atoms. The van der Waals surface area contributed by atoms with Crippen molar-refractivity contribution in [2.45, 2.75) is 50.8 Å². The van der Waals surface area contributed by atoms with Gasteiger partial charge in [-0.25, -0.2) is 8.42 Å². The van der Waals surface area contributed by atoms with E-state index in [-0.39, 0.29) is 24.9 Å². The van der Waals surface area contributed by atoms with Gasteiger partial charge in [0.15, 0.2) is 9.84 Å². The van der Waals surface area contributed by atoms with E-state index < -0.39 is 20.1 Å². The Morgan fingerprint density at radius 2 is 1.75 bits per heavy atom. The third-order valence-corrected chi connectivity index (χ3v) is 6.33. The SMILES string of the molecule is CCC1(CC)NC(=O)CN(CC(C)(C)S(C)(=O)=O)C1=O. The molecule has 0 bridgehead atoms. The minimum absolute atomic E-state index is 0.0276. The molecule has 1 rings (SSSR count). The lowest BCUT2D eigenvalue weighted by atomic mass is 9.88. The molecule has 0 unspecified atom stereocenters. The highest BCUT2D eigenvalue weighted by Gasteiger charge is 2.46. The van der Waals surface area contributed by atoms with E-state index in [9.17, 15) is 18.0 Å². The molecule has 1 N–H and O–H groups in total. The lowest BCUT2D eigenvalue weighted by Crippen LogP contribution is -2.67. The lowest BCUT2D eigenvalue weighted by molar-refractivity contribution is -0.150. The van der Waals surface area contributed by atoms with E-state index in [4.69, 9.17) is 0 Å². The van der Waals surface area contributed by atoms with Crippen LogP contribution in [0.5, 0.6) is 0 Å². The summed E-state index contributed by atoms with van der Waals surface area (Å²) in [6.45, 7) is 6.77. The molecule has 0 aromatic heterocycles. The predicted octanol–water partition coefficient (Wildman–Crippen LogP) is 0.327. The lowest BCUT2D eigenvalue weighted by Gasteiger charge is -2.43. The molecular weight excluding hydrogens is 280 g/mol. The van der Waals surface area contributed by atoms with Gasteiger partial charge in [-0.15, -0.1) is 0 Å². The van der Waals surface area contributed by atoms with Crippen LogP contribution in [0.2, 0.25) is 0 Å². The zero-order valence-electron chi connectivity index (χ0n) is 12.8. The van der Waals surface area contributed by atoms with Gasteiger partial charge in [0, 0.05) is 12.8 Å². The molecule has 0 saturated carbocycles. The van der Waals surface area contributed by atoms with Crippen LogP contribution in [-0.4, -0.2) is 54.8 Å². The van der Waals surface area contributed by atoms with Crippen molar-refractivity contribution in [2.24, 2.45) is 0 Å². The second-order valence-electron chi connectivity index (χ2n) is 6.03. The van der Waals surface area contributed by atoms with Gasteiger partial charge >= 0.3 is 0 Å². The Balaban J connectivity index is 3.07. The second-order valence-corrected chi connectivity index (χ2v) is 8.68. The summed E-state index contributed by atoms with van der Waals surface area (Å²) in [6, 6.07) is 0. The van der Waals surface area contributed by atoms with Crippen molar-refractivity contribution in [2.75, 3.05) is 19.3 Å². The highest BCUT2D eigenvalue weighted by Crippen LogP contribution is 2.25. The highest BCUT2D eigenvalue weighted by molar-refractivity contribution is 7.92. The summed E-state index contributed by atoms with van der Waals surface area (Å²) < 4.78 is 22.5. The molecule has 0 radical (unpaired) electrons. The number of rotatable bonds is 5. The molecule has 20 heavy (non-hydrogen) atoms. The standard InChI is InChI=1S/C13H24N2O4S/c1-6-13(7-2)11(17)15(8-10(16)14-13)9-12(3,4)20(5,18)19/h6-9H2,1-5H3,(H,14,16). The van der Waals surface area contributed by atoms with Gasteiger partial charge in [-0.3, -0.25) is 9.59 Å². The Bertz CT molecular complexity index is 506. The molecule has 0 aliphatic carbocycles. The maximum atomic E-state index is 12.6. The molecule has 6 nitrogen and oxygen atoms in total. The molecule has 1 heterocycles. The van der Waals surface area contributed by atoms with Gasteiger partial charge in [-0.1, -0.05) is 13.8 Å². The summed E-state index contributed by atoms with van der Waals surface area (Å²) in [7, 11) is -3.32. The predicted molar refractivity (Wildman–Crippen MR) is 77.0 cm³/mol. The van der Waals surface area contributed by atoms with E-state index >= 15 is 0 Å². The van der Waals surface area contributed by atoms with Crippen molar-refractivity contribution < 1.29 is 18.0 Å². The molecule has 0 aromatic carbocycles. The van der Waals surface area contributed by atoms with E-state index in [0.717, 1.165) is 6.26 Å². The molecule has 2 amide bonds. The van der Waals surface area contributed by atoms with Crippen molar-refractivity contribution >= 4 is 21.7 Å². The van der Waals surface area contributed by atoms with Gasteiger partial charge < -0.3 is 10.2 Å². The zero-order valence-corrected chi connectivity index (χ0v) is 13.6. The average Bonchev–Trinajstić information content (AvgIpc) is 2.31. The van der Waals surface area contributed by atoms with Crippen LogP contribution in [-0.2, 0) is 19.4 Å². The van der Waals surface area contributed by atoms with Crippen LogP contribution < -0.4 is 5.32 Å². The van der Waals surface area contributed by atoms with E-state index in [2.05, 4.69) is 5.32 Å². The van der Waals surface area contributed by atoms with Crippen LogP contribution in [0.15, 0.2) is 0 Å². The van der Waals surface area contributed by atoms with Gasteiger partial charge in [0.25, 0.3) is 0 Å². The average molecular weight is 304 g/mol. The first kappa shape index (κ1) is 16.9. The van der Waals surface area contributed by atoms with Crippen LogP contribution in [0.1, 0.15) is 40.5 Å². The molecule has 7 heteroatoms. The minimum atomic E-state index is -3.32. The van der Waals surface area contributed by atoms with Gasteiger partial charge in [-0.2, -0.15) is 0 Å². The van der Waals surface area contributed by atoms with Gasteiger partial charge in [-0.05, 0) is 26.7 Å². The summed E-state index contributed by atoms with van der Waals surface area (Å²) in [6.07, 6.45) is 2.13. The Morgan fingerprint density at radius 1 is 1.25 bits per heavy atom. The molecular formula is C13H24N2O4S. The Hall–Kier alpha value is -1.11. The van der Waals surface area contributed by atoms with Crippen molar-refractivity contribution in [1.29, 1.82) is 0 Å². The molecule has 0 atom stereocenters. The third kappa shape index (κ3) is 2.97. The fourth-order valence-corrected chi connectivity index (χ4v) is 2.73. The first-order valence-electron chi connectivity index (χ1n) is 6.79. The topological polar surface area (TPSA) is 83.6 Å². The number of hydrogen-bond donors (Lipinski definition) is 1. The number of nitrogens with zero attached hydrogens (tertiary/aromatic N) is 1. The van der Waals surface area contributed by atoms with Crippen molar-refractivity contribution in [3.05, 3.63) is 0 Å². The summed E-state index contributed by atoms with van der Waals surface area (Å²) >= 11 is 0. The summed E-state index contributed by atoms with van der Waals surface area (Å²) in [5.41, 5.74) is -0.900. The van der Waals surface area contributed by atoms with Crippen LogP contribution in [0.4, 0.5) is 0 Å². The maximum absolute atomic E-state index is 12.6. The number of hydrogen-bond acceptors (Lipinski definition) is 4.